The van der Waals surface area contributed by atoms with Crippen molar-refractivity contribution in [1.82, 2.24) is 9.97 Å². The highest BCUT2D eigenvalue weighted by atomic mass is 35.5. The predicted octanol–water partition coefficient (Wildman–Crippen LogP) is 3.27. The average molecular weight is 353 g/mol. The van der Waals surface area contributed by atoms with E-state index in [0.717, 1.165) is 0 Å². The van der Waals surface area contributed by atoms with E-state index in [1.54, 1.807) is 36.4 Å². The number of aromatic nitrogens is 2. The third kappa shape index (κ3) is 2.61. The molecule has 0 aliphatic rings. The lowest BCUT2D eigenvalue weighted by Crippen LogP contribution is -2.03. The van der Waals surface area contributed by atoms with Crippen LogP contribution in [0.1, 0.15) is 0 Å². The molecule has 0 amide bonds. The summed E-state index contributed by atoms with van der Waals surface area (Å²) in [4.78, 5) is 9.05. The number of rotatable bonds is 2. The van der Waals surface area contributed by atoms with Gasteiger partial charge in [-0.15, -0.1) is 0 Å². The second-order valence-electron chi connectivity index (χ2n) is 4.46. The van der Waals surface area contributed by atoms with Crippen molar-refractivity contribution in [3.05, 3.63) is 46.4 Å². The molecule has 0 bridgehead atoms. The van der Waals surface area contributed by atoms with E-state index in [-0.39, 0.29) is 11.8 Å². The Labute approximate surface area is 138 Å². The molecule has 1 aromatic heterocycles. The van der Waals surface area contributed by atoms with Crippen LogP contribution in [0.5, 0.6) is 0 Å². The molecule has 2 aromatic carbocycles. The Morgan fingerprint density at radius 3 is 2.50 bits per heavy atom. The lowest BCUT2D eigenvalue weighted by Gasteiger charge is -2.09. The van der Waals surface area contributed by atoms with Gasteiger partial charge in [-0.25, -0.2) is 9.19 Å². The van der Waals surface area contributed by atoms with E-state index in [1.165, 1.54) is 0 Å². The Morgan fingerprint density at radius 2 is 1.77 bits per heavy atom. The van der Waals surface area contributed by atoms with E-state index < -0.39 is 10.8 Å². The summed E-state index contributed by atoms with van der Waals surface area (Å²) >= 11 is 11.9. The van der Waals surface area contributed by atoms with E-state index in [4.69, 9.17) is 34.7 Å². The number of halogens is 2. The molecular formula is C14H10Cl2N4OS. The fourth-order valence-corrected chi connectivity index (χ4v) is 3.70. The monoisotopic (exact) mass is 352 g/mol. The van der Waals surface area contributed by atoms with Crippen LogP contribution in [0.2, 0.25) is 10.0 Å². The average Bonchev–Trinajstić information content (AvgIpc) is 2.48. The Balaban J connectivity index is 2.21. The second-order valence-corrected chi connectivity index (χ2v) is 6.73. The number of fused-ring (bicyclic) bond motifs is 1. The normalized spacial score (nSPS) is 12.5. The van der Waals surface area contributed by atoms with Crippen LogP contribution in [-0.4, -0.2) is 14.2 Å². The minimum absolute atomic E-state index is 0.0717. The van der Waals surface area contributed by atoms with Crippen molar-refractivity contribution < 1.29 is 4.21 Å². The molecule has 0 aliphatic heterocycles. The maximum absolute atomic E-state index is 12.8. The van der Waals surface area contributed by atoms with Crippen LogP contribution in [0.25, 0.3) is 10.9 Å². The molecule has 1 heterocycles. The molecule has 5 nitrogen and oxygen atoms in total. The standard InChI is InChI=1S/C14H10Cl2N4OS/c15-8-5-4-7(6-9(8)16)22(21)11-3-1-2-10-12(11)13(17)20-14(18)19-10/h1-6H,(H4,17,18,19,20)/t22-/m0/s1. The second kappa shape index (κ2) is 5.72. The number of hydrogen-bond acceptors (Lipinski definition) is 5. The van der Waals surface area contributed by atoms with Crippen molar-refractivity contribution in [1.29, 1.82) is 0 Å². The maximum atomic E-state index is 12.8. The smallest absolute Gasteiger partial charge is 0.222 e. The van der Waals surface area contributed by atoms with Gasteiger partial charge in [-0.3, -0.25) is 0 Å². The van der Waals surface area contributed by atoms with Gasteiger partial charge in [0.15, 0.2) is 0 Å². The van der Waals surface area contributed by atoms with Crippen molar-refractivity contribution >= 4 is 56.7 Å². The number of anilines is 2. The molecule has 4 N–H and O–H groups in total. The highest BCUT2D eigenvalue weighted by Crippen LogP contribution is 2.31. The van der Waals surface area contributed by atoms with E-state index in [0.29, 0.717) is 30.7 Å². The molecule has 0 unspecified atom stereocenters. The minimum atomic E-state index is -1.50. The quantitative estimate of drug-likeness (QED) is 0.737. The number of hydrogen-bond donors (Lipinski definition) is 2. The molecule has 0 fully saturated rings. The molecule has 8 heteroatoms. The summed E-state index contributed by atoms with van der Waals surface area (Å²) in [5, 5.41) is 1.25. The zero-order chi connectivity index (χ0) is 15.9. The zero-order valence-electron chi connectivity index (χ0n) is 11.1. The van der Waals surface area contributed by atoms with Crippen LogP contribution >= 0.6 is 23.2 Å². The van der Waals surface area contributed by atoms with E-state index in [2.05, 4.69) is 9.97 Å². The Bertz CT molecular complexity index is 917. The van der Waals surface area contributed by atoms with E-state index >= 15 is 0 Å². The van der Waals surface area contributed by atoms with Crippen molar-refractivity contribution in [2.45, 2.75) is 9.79 Å². The first-order valence-electron chi connectivity index (χ1n) is 6.16. The number of nitrogens with zero attached hydrogens (tertiary/aromatic N) is 2. The number of nitrogen functional groups attached to an aromatic ring is 2. The summed E-state index contributed by atoms with van der Waals surface area (Å²) in [6, 6.07) is 9.99. The predicted molar refractivity (Wildman–Crippen MR) is 89.5 cm³/mol. The van der Waals surface area contributed by atoms with Gasteiger partial charge in [-0.2, -0.15) is 4.98 Å². The molecule has 22 heavy (non-hydrogen) atoms. The summed E-state index contributed by atoms with van der Waals surface area (Å²) in [5.41, 5.74) is 12.0. The van der Waals surface area contributed by atoms with Gasteiger partial charge in [0.05, 0.1) is 36.6 Å². The first-order valence-corrected chi connectivity index (χ1v) is 8.06. The van der Waals surface area contributed by atoms with Gasteiger partial charge in [0.25, 0.3) is 0 Å². The molecule has 3 rings (SSSR count). The summed E-state index contributed by atoms with van der Waals surface area (Å²) in [6.45, 7) is 0. The lowest BCUT2D eigenvalue weighted by molar-refractivity contribution is 0.683. The van der Waals surface area contributed by atoms with Crippen molar-refractivity contribution in [3.8, 4) is 0 Å². The lowest BCUT2D eigenvalue weighted by atomic mass is 10.2. The van der Waals surface area contributed by atoms with Crippen LogP contribution < -0.4 is 11.5 Å². The van der Waals surface area contributed by atoms with Crippen molar-refractivity contribution in [2.75, 3.05) is 11.5 Å². The van der Waals surface area contributed by atoms with Gasteiger partial charge in [-0.1, -0.05) is 29.3 Å². The van der Waals surface area contributed by atoms with Crippen LogP contribution in [0.3, 0.4) is 0 Å². The SMILES string of the molecule is Nc1nc(N)c2c([S@@](=O)c3ccc(Cl)c(Cl)c3)cccc2n1. The molecule has 0 saturated carbocycles. The first kappa shape index (κ1) is 15.0. The van der Waals surface area contributed by atoms with Crippen LogP contribution in [0.15, 0.2) is 46.2 Å². The Morgan fingerprint density at radius 1 is 1.00 bits per heavy atom. The molecule has 0 spiro atoms. The molecule has 0 radical (unpaired) electrons. The number of nitrogens with two attached hydrogens (primary N) is 2. The Hall–Kier alpha value is -1.89. The Kier molecular flexibility index (Phi) is 3.90. The van der Waals surface area contributed by atoms with Gasteiger partial charge in [0, 0.05) is 4.90 Å². The topological polar surface area (TPSA) is 94.9 Å². The molecular weight excluding hydrogens is 343 g/mol. The van der Waals surface area contributed by atoms with Crippen LogP contribution in [0.4, 0.5) is 11.8 Å². The van der Waals surface area contributed by atoms with Gasteiger partial charge in [0.2, 0.25) is 5.95 Å². The summed E-state index contributed by atoms with van der Waals surface area (Å²) < 4.78 is 12.8. The van der Waals surface area contributed by atoms with Crippen molar-refractivity contribution in [2.24, 2.45) is 0 Å². The summed E-state index contributed by atoms with van der Waals surface area (Å²) in [6.07, 6.45) is 0. The van der Waals surface area contributed by atoms with Crippen LogP contribution in [-0.2, 0) is 10.8 Å². The largest absolute Gasteiger partial charge is 0.383 e. The van der Waals surface area contributed by atoms with Crippen molar-refractivity contribution in [3.63, 3.8) is 0 Å². The highest BCUT2D eigenvalue weighted by molar-refractivity contribution is 7.85. The fourth-order valence-electron chi connectivity index (χ4n) is 2.07. The van der Waals surface area contributed by atoms with Gasteiger partial charge >= 0.3 is 0 Å². The van der Waals surface area contributed by atoms with Gasteiger partial charge in [-0.05, 0) is 30.3 Å². The molecule has 1 atom stereocenters. The fraction of sp³-hybridized carbons (Fsp3) is 0. The molecule has 0 aliphatic carbocycles. The molecule has 112 valence electrons. The number of benzene rings is 2. The zero-order valence-corrected chi connectivity index (χ0v) is 13.4. The summed E-state index contributed by atoms with van der Waals surface area (Å²) in [7, 11) is -1.50. The third-order valence-corrected chi connectivity index (χ3v) is 5.20. The van der Waals surface area contributed by atoms with Crippen LogP contribution in [0, 0.1) is 0 Å². The van der Waals surface area contributed by atoms with Gasteiger partial charge in [0.1, 0.15) is 5.82 Å². The van der Waals surface area contributed by atoms with E-state index in [9.17, 15) is 4.21 Å². The van der Waals surface area contributed by atoms with E-state index in [1.807, 2.05) is 0 Å². The molecule has 0 saturated heterocycles. The minimum Gasteiger partial charge on any atom is -0.383 e. The van der Waals surface area contributed by atoms with Gasteiger partial charge < -0.3 is 11.5 Å². The summed E-state index contributed by atoms with van der Waals surface area (Å²) in [5.74, 6) is 0.258. The third-order valence-electron chi connectivity index (χ3n) is 3.04. The highest BCUT2D eigenvalue weighted by Gasteiger charge is 2.16. The maximum Gasteiger partial charge on any atom is 0.222 e. The first-order chi connectivity index (χ1) is 10.5. The molecule has 3 aromatic rings.